The molecule has 0 bridgehead atoms. The van der Waals surface area contributed by atoms with Crippen LogP contribution in [-0.4, -0.2) is 28.7 Å². The van der Waals surface area contributed by atoms with E-state index in [2.05, 4.69) is 5.32 Å². The minimum atomic E-state index is -1.16. The maximum Gasteiger partial charge on any atom is 0.404 e. The Labute approximate surface area is 99.0 Å². The molecule has 5 heteroatoms. The second kappa shape index (κ2) is 5.79. The van der Waals surface area contributed by atoms with Crippen molar-refractivity contribution in [3.63, 3.8) is 0 Å². The number of carbonyl (C=O) groups is 2. The van der Waals surface area contributed by atoms with Crippen LogP contribution in [0, 0.1) is 5.41 Å². The first-order chi connectivity index (χ1) is 8.00. The topological polar surface area (TPSA) is 90.3 Å². The molecule has 0 saturated carbocycles. The summed E-state index contributed by atoms with van der Waals surface area (Å²) in [6.45, 7) is 1.61. The van der Waals surface area contributed by atoms with Crippen LogP contribution in [0.4, 0.5) is 4.79 Å². The number of nitrogens with one attached hydrogen (secondary N) is 2. The SMILES string of the molecule is CC(CC(=N)C(=O)c1ccccc1)NC(=O)O. The van der Waals surface area contributed by atoms with Crippen molar-refractivity contribution in [1.29, 1.82) is 5.41 Å². The normalized spacial score (nSPS) is 11.6. The zero-order chi connectivity index (χ0) is 12.8. The number of carboxylic acid groups (broad SMARTS) is 1. The van der Waals surface area contributed by atoms with Crippen molar-refractivity contribution >= 4 is 17.6 Å². The highest BCUT2D eigenvalue weighted by molar-refractivity contribution is 6.45. The third kappa shape index (κ3) is 4.06. The summed E-state index contributed by atoms with van der Waals surface area (Å²) in [6.07, 6.45) is -1.07. The Morgan fingerprint density at radius 3 is 2.47 bits per heavy atom. The number of benzene rings is 1. The molecule has 0 aliphatic rings. The van der Waals surface area contributed by atoms with Gasteiger partial charge in [0.25, 0.3) is 0 Å². The van der Waals surface area contributed by atoms with E-state index in [1.807, 2.05) is 0 Å². The van der Waals surface area contributed by atoms with Crippen LogP contribution in [0.2, 0.25) is 0 Å². The van der Waals surface area contributed by atoms with Crippen LogP contribution in [0.3, 0.4) is 0 Å². The van der Waals surface area contributed by atoms with Gasteiger partial charge in [-0.25, -0.2) is 4.79 Å². The van der Waals surface area contributed by atoms with Gasteiger partial charge in [0.15, 0.2) is 0 Å². The van der Waals surface area contributed by atoms with Crippen LogP contribution >= 0.6 is 0 Å². The van der Waals surface area contributed by atoms with E-state index in [-0.39, 0.29) is 17.9 Å². The lowest BCUT2D eigenvalue weighted by atomic mass is 10.0. The number of ketones is 1. The first-order valence-corrected chi connectivity index (χ1v) is 5.17. The Hall–Kier alpha value is -2.17. The molecule has 1 amide bonds. The second-order valence-corrected chi connectivity index (χ2v) is 3.73. The monoisotopic (exact) mass is 234 g/mol. The number of amides is 1. The van der Waals surface area contributed by atoms with Crippen molar-refractivity contribution in [2.45, 2.75) is 19.4 Å². The van der Waals surface area contributed by atoms with Gasteiger partial charge in [0.1, 0.15) is 0 Å². The zero-order valence-corrected chi connectivity index (χ0v) is 9.43. The molecular weight excluding hydrogens is 220 g/mol. The number of carbonyl (C=O) groups excluding carboxylic acids is 1. The number of hydrogen-bond acceptors (Lipinski definition) is 3. The molecule has 1 aromatic rings. The van der Waals surface area contributed by atoms with Gasteiger partial charge in [0.2, 0.25) is 5.78 Å². The molecule has 0 fully saturated rings. The van der Waals surface area contributed by atoms with Gasteiger partial charge in [-0.1, -0.05) is 30.3 Å². The van der Waals surface area contributed by atoms with Gasteiger partial charge in [0.05, 0.1) is 5.71 Å². The van der Waals surface area contributed by atoms with Crippen molar-refractivity contribution in [2.75, 3.05) is 0 Å². The van der Waals surface area contributed by atoms with Crippen LogP contribution in [0.1, 0.15) is 23.7 Å². The molecule has 17 heavy (non-hydrogen) atoms. The van der Waals surface area contributed by atoms with E-state index in [0.29, 0.717) is 5.56 Å². The summed E-state index contributed by atoms with van der Waals surface area (Å²) in [5.41, 5.74) is 0.345. The number of rotatable bonds is 5. The molecule has 5 nitrogen and oxygen atoms in total. The van der Waals surface area contributed by atoms with Crippen LogP contribution < -0.4 is 5.32 Å². The molecule has 3 N–H and O–H groups in total. The summed E-state index contributed by atoms with van der Waals surface area (Å²) in [5.74, 6) is -0.371. The lowest BCUT2D eigenvalue weighted by molar-refractivity contribution is 0.106. The Balaban J connectivity index is 2.60. The average Bonchev–Trinajstić information content (AvgIpc) is 2.28. The fourth-order valence-electron chi connectivity index (χ4n) is 1.42. The van der Waals surface area contributed by atoms with E-state index < -0.39 is 12.1 Å². The number of Topliss-reactive ketones (excluding diaryl/α,β-unsaturated/α-hetero) is 1. The van der Waals surface area contributed by atoms with E-state index in [9.17, 15) is 9.59 Å². The lowest BCUT2D eigenvalue weighted by Crippen LogP contribution is -2.34. The number of hydrogen-bond donors (Lipinski definition) is 3. The van der Waals surface area contributed by atoms with Crippen LogP contribution in [0.5, 0.6) is 0 Å². The Morgan fingerprint density at radius 1 is 1.35 bits per heavy atom. The lowest BCUT2D eigenvalue weighted by Gasteiger charge is -2.11. The molecule has 1 aromatic carbocycles. The third-order valence-electron chi connectivity index (χ3n) is 2.19. The predicted octanol–water partition coefficient (Wildman–Crippen LogP) is 1.94. The third-order valence-corrected chi connectivity index (χ3v) is 2.19. The molecule has 1 atom stereocenters. The molecule has 0 saturated heterocycles. The molecule has 0 aliphatic carbocycles. The summed E-state index contributed by atoms with van der Waals surface area (Å²) in [7, 11) is 0. The van der Waals surface area contributed by atoms with Crippen LogP contribution in [0.25, 0.3) is 0 Å². The van der Waals surface area contributed by atoms with Crippen molar-refractivity contribution in [3.05, 3.63) is 35.9 Å². The van der Waals surface area contributed by atoms with E-state index >= 15 is 0 Å². The molecule has 0 radical (unpaired) electrons. The van der Waals surface area contributed by atoms with Gasteiger partial charge in [-0.15, -0.1) is 0 Å². The van der Waals surface area contributed by atoms with Crippen LogP contribution in [0.15, 0.2) is 30.3 Å². The average molecular weight is 234 g/mol. The highest BCUT2D eigenvalue weighted by atomic mass is 16.4. The Kier molecular flexibility index (Phi) is 4.39. The molecule has 1 rings (SSSR count). The van der Waals surface area contributed by atoms with E-state index in [4.69, 9.17) is 10.5 Å². The highest BCUT2D eigenvalue weighted by Crippen LogP contribution is 2.04. The molecule has 0 heterocycles. The summed E-state index contributed by atoms with van der Waals surface area (Å²) in [5, 5.41) is 18.3. The van der Waals surface area contributed by atoms with Crippen molar-refractivity contribution < 1.29 is 14.7 Å². The zero-order valence-electron chi connectivity index (χ0n) is 9.43. The summed E-state index contributed by atoms with van der Waals surface area (Å²) in [4.78, 5) is 22.1. The van der Waals surface area contributed by atoms with Gasteiger partial charge in [0, 0.05) is 18.0 Å². The maximum absolute atomic E-state index is 11.8. The molecule has 0 aromatic heterocycles. The Bertz CT molecular complexity index is 429. The van der Waals surface area contributed by atoms with E-state index in [0.717, 1.165) is 0 Å². The molecular formula is C12H14N2O3. The van der Waals surface area contributed by atoms with E-state index in [1.54, 1.807) is 37.3 Å². The van der Waals surface area contributed by atoms with Gasteiger partial charge in [-0.2, -0.15) is 0 Å². The first-order valence-electron chi connectivity index (χ1n) is 5.17. The van der Waals surface area contributed by atoms with Crippen molar-refractivity contribution in [1.82, 2.24) is 5.32 Å². The second-order valence-electron chi connectivity index (χ2n) is 3.73. The molecule has 0 aliphatic heterocycles. The standard InChI is InChI=1S/C12H14N2O3/c1-8(14-12(16)17)7-10(13)11(15)9-5-3-2-4-6-9/h2-6,8,13-14H,7H2,1H3,(H,16,17). The summed E-state index contributed by atoms with van der Waals surface area (Å²) >= 11 is 0. The highest BCUT2D eigenvalue weighted by Gasteiger charge is 2.15. The van der Waals surface area contributed by atoms with Gasteiger partial charge in [-0.3, -0.25) is 4.79 Å². The van der Waals surface area contributed by atoms with Gasteiger partial charge >= 0.3 is 6.09 Å². The van der Waals surface area contributed by atoms with E-state index in [1.165, 1.54) is 0 Å². The minimum absolute atomic E-state index is 0.0834. The molecule has 1 unspecified atom stereocenters. The Morgan fingerprint density at radius 2 is 1.94 bits per heavy atom. The maximum atomic E-state index is 11.8. The van der Waals surface area contributed by atoms with Crippen molar-refractivity contribution in [2.24, 2.45) is 0 Å². The first kappa shape index (κ1) is 12.9. The summed E-state index contributed by atoms with van der Waals surface area (Å²) < 4.78 is 0. The largest absolute Gasteiger partial charge is 0.465 e. The molecule has 0 spiro atoms. The van der Waals surface area contributed by atoms with Gasteiger partial charge in [-0.05, 0) is 6.92 Å². The molecule has 90 valence electrons. The van der Waals surface area contributed by atoms with Crippen molar-refractivity contribution in [3.8, 4) is 0 Å². The predicted molar refractivity (Wildman–Crippen MR) is 63.7 cm³/mol. The minimum Gasteiger partial charge on any atom is -0.465 e. The van der Waals surface area contributed by atoms with Crippen LogP contribution in [-0.2, 0) is 0 Å². The fraction of sp³-hybridized carbons (Fsp3) is 0.250. The summed E-state index contributed by atoms with van der Waals surface area (Å²) in [6, 6.07) is 8.04. The smallest absolute Gasteiger partial charge is 0.404 e. The quantitative estimate of drug-likeness (QED) is 0.537. The van der Waals surface area contributed by atoms with Gasteiger partial charge < -0.3 is 15.8 Å². The fourth-order valence-corrected chi connectivity index (χ4v) is 1.42.